The van der Waals surface area contributed by atoms with Crippen LogP contribution in [0.25, 0.3) is 0 Å². The second-order valence-corrected chi connectivity index (χ2v) is 6.74. The van der Waals surface area contributed by atoms with Crippen LogP contribution in [0.5, 0.6) is 0 Å². The summed E-state index contributed by atoms with van der Waals surface area (Å²) in [6, 6.07) is 10.9. The molecule has 1 aromatic carbocycles. The Morgan fingerprint density at radius 1 is 1.12 bits per heavy atom. The molecule has 6 heteroatoms. The Morgan fingerprint density at radius 3 is 2.52 bits per heavy atom. The lowest BCUT2D eigenvalue weighted by Crippen LogP contribution is -2.42. The molecule has 2 N–H and O–H groups in total. The van der Waals surface area contributed by atoms with Crippen molar-refractivity contribution in [3.8, 4) is 0 Å². The molecule has 0 aliphatic rings. The lowest BCUT2D eigenvalue weighted by Gasteiger charge is -2.26. The Kier molecular flexibility index (Phi) is 7.16. The molecular formula is C19H25N3O2S. The molecule has 1 aromatic heterocycles. The topological polar surface area (TPSA) is 61.4 Å². The van der Waals surface area contributed by atoms with Crippen LogP contribution >= 0.6 is 11.3 Å². The first kappa shape index (κ1) is 19.1. The second-order valence-electron chi connectivity index (χ2n) is 5.79. The number of nitrogens with one attached hydrogen (secondary N) is 2. The molecule has 0 saturated heterocycles. The standard InChI is InChI=1S/C19H25N3O2S/c1-4-22(5-2)14(3)13-20-18(23)15-8-6-9-16(12-15)21-19(24)17-10-7-11-25-17/h6-12,14H,4-5,13H2,1-3H3,(H,20,23)(H,21,24). The number of anilines is 1. The average Bonchev–Trinajstić information content (AvgIpc) is 3.15. The summed E-state index contributed by atoms with van der Waals surface area (Å²) in [7, 11) is 0. The minimum Gasteiger partial charge on any atom is -0.350 e. The summed E-state index contributed by atoms with van der Waals surface area (Å²) in [5.41, 5.74) is 1.15. The van der Waals surface area contributed by atoms with Crippen LogP contribution in [-0.2, 0) is 0 Å². The molecule has 1 heterocycles. The monoisotopic (exact) mass is 359 g/mol. The van der Waals surface area contributed by atoms with Crippen molar-refractivity contribution in [1.29, 1.82) is 0 Å². The van der Waals surface area contributed by atoms with Gasteiger partial charge in [0.25, 0.3) is 11.8 Å². The van der Waals surface area contributed by atoms with E-state index in [9.17, 15) is 9.59 Å². The lowest BCUT2D eigenvalue weighted by atomic mass is 10.1. The lowest BCUT2D eigenvalue weighted by molar-refractivity contribution is 0.0937. The highest BCUT2D eigenvalue weighted by molar-refractivity contribution is 7.12. The molecule has 1 unspecified atom stereocenters. The number of rotatable bonds is 8. The van der Waals surface area contributed by atoms with Crippen molar-refractivity contribution in [1.82, 2.24) is 10.2 Å². The Balaban J connectivity index is 1.95. The summed E-state index contributed by atoms with van der Waals surface area (Å²) in [6.07, 6.45) is 0. The van der Waals surface area contributed by atoms with Gasteiger partial charge in [-0.05, 0) is 49.7 Å². The first-order valence-corrected chi connectivity index (χ1v) is 9.40. The quantitative estimate of drug-likeness (QED) is 0.759. The number of carbonyl (C=O) groups is 2. The van der Waals surface area contributed by atoms with Crippen LogP contribution in [0.1, 0.15) is 40.8 Å². The minimum absolute atomic E-state index is 0.133. The summed E-state index contributed by atoms with van der Waals surface area (Å²) in [5, 5.41) is 7.65. The van der Waals surface area contributed by atoms with E-state index in [0.29, 0.717) is 22.7 Å². The highest BCUT2D eigenvalue weighted by Gasteiger charge is 2.13. The van der Waals surface area contributed by atoms with E-state index >= 15 is 0 Å². The van der Waals surface area contributed by atoms with Crippen molar-refractivity contribution >= 4 is 28.8 Å². The van der Waals surface area contributed by atoms with Gasteiger partial charge in [0.1, 0.15) is 0 Å². The molecule has 0 radical (unpaired) electrons. The van der Waals surface area contributed by atoms with Gasteiger partial charge in [-0.1, -0.05) is 26.0 Å². The summed E-state index contributed by atoms with van der Waals surface area (Å²) in [4.78, 5) is 27.4. The van der Waals surface area contributed by atoms with Gasteiger partial charge in [-0.2, -0.15) is 0 Å². The molecule has 2 amide bonds. The van der Waals surface area contributed by atoms with Crippen molar-refractivity contribution in [3.05, 3.63) is 52.2 Å². The molecule has 0 saturated carbocycles. The fraction of sp³-hybridized carbons (Fsp3) is 0.368. The van der Waals surface area contributed by atoms with E-state index in [1.165, 1.54) is 11.3 Å². The zero-order valence-electron chi connectivity index (χ0n) is 14.9. The third-order valence-electron chi connectivity index (χ3n) is 4.12. The Morgan fingerprint density at radius 2 is 1.88 bits per heavy atom. The first-order chi connectivity index (χ1) is 12.0. The molecule has 5 nitrogen and oxygen atoms in total. The van der Waals surface area contributed by atoms with Gasteiger partial charge >= 0.3 is 0 Å². The van der Waals surface area contributed by atoms with Crippen molar-refractivity contribution in [3.63, 3.8) is 0 Å². The summed E-state index contributed by atoms with van der Waals surface area (Å²) in [5.74, 6) is -0.297. The van der Waals surface area contributed by atoms with Crippen LogP contribution in [0.15, 0.2) is 41.8 Å². The summed E-state index contributed by atoms with van der Waals surface area (Å²) < 4.78 is 0. The molecule has 2 aromatic rings. The van der Waals surface area contributed by atoms with E-state index in [2.05, 4.69) is 36.3 Å². The number of carbonyl (C=O) groups excluding carboxylic acids is 2. The molecule has 0 fully saturated rings. The Hall–Kier alpha value is -2.18. The normalized spacial score (nSPS) is 12.0. The molecule has 0 bridgehead atoms. The first-order valence-electron chi connectivity index (χ1n) is 8.52. The number of amides is 2. The predicted octanol–water partition coefficient (Wildman–Crippen LogP) is 3.46. The molecule has 0 aliphatic carbocycles. The fourth-order valence-electron chi connectivity index (χ4n) is 2.66. The molecule has 1 atom stereocenters. The third-order valence-corrected chi connectivity index (χ3v) is 4.99. The number of benzene rings is 1. The van der Waals surface area contributed by atoms with Crippen LogP contribution < -0.4 is 10.6 Å². The number of thiophene rings is 1. The maximum atomic E-state index is 12.4. The Bertz CT molecular complexity index is 696. The highest BCUT2D eigenvalue weighted by atomic mass is 32.1. The van der Waals surface area contributed by atoms with Crippen LogP contribution in [0.4, 0.5) is 5.69 Å². The number of nitrogens with zero attached hydrogens (tertiary/aromatic N) is 1. The average molecular weight is 359 g/mol. The third kappa shape index (κ3) is 5.41. The fourth-order valence-corrected chi connectivity index (χ4v) is 3.28. The SMILES string of the molecule is CCN(CC)C(C)CNC(=O)c1cccc(NC(=O)c2cccs2)c1. The van der Waals surface area contributed by atoms with E-state index in [4.69, 9.17) is 0 Å². The smallest absolute Gasteiger partial charge is 0.265 e. The molecule has 0 aliphatic heterocycles. The van der Waals surface area contributed by atoms with Gasteiger partial charge in [-0.15, -0.1) is 11.3 Å². The Labute approximate surface area is 153 Å². The van der Waals surface area contributed by atoms with Gasteiger partial charge in [-0.25, -0.2) is 0 Å². The minimum atomic E-state index is -0.164. The van der Waals surface area contributed by atoms with Crippen molar-refractivity contribution in [2.24, 2.45) is 0 Å². The molecule has 134 valence electrons. The van der Waals surface area contributed by atoms with Gasteiger partial charge in [-0.3, -0.25) is 14.5 Å². The van der Waals surface area contributed by atoms with Crippen molar-refractivity contribution in [2.45, 2.75) is 26.8 Å². The van der Waals surface area contributed by atoms with Gasteiger partial charge in [0.05, 0.1) is 4.88 Å². The van der Waals surface area contributed by atoms with Gasteiger partial charge < -0.3 is 10.6 Å². The molecular weight excluding hydrogens is 334 g/mol. The maximum absolute atomic E-state index is 12.4. The predicted molar refractivity (Wildman–Crippen MR) is 103 cm³/mol. The van der Waals surface area contributed by atoms with Crippen LogP contribution in [-0.4, -0.2) is 42.4 Å². The van der Waals surface area contributed by atoms with Gasteiger partial charge in [0.15, 0.2) is 0 Å². The van der Waals surface area contributed by atoms with E-state index < -0.39 is 0 Å². The van der Waals surface area contributed by atoms with Crippen LogP contribution in [0.3, 0.4) is 0 Å². The number of hydrogen-bond donors (Lipinski definition) is 2. The van der Waals surface area contributed by atoms with Crippen molar-refractivity contribution < 1.29 is 9.59 Å². The summed E-state index contributed by atoms with van der Waals surface area (Å²) in [6.45, 7) is 8.83. The second kappa shape index (κ2) is 9.34. The van der Waals surface area contributed by atoms with Crippen LogP contribution in [0, 0.1) is 0 Å². The zero-order chi connectivity index (χ0) is 18.2. The van der Waals surface area contributed by atoms with E-state index in [1.54, 1.807) is 30.3 Å². The number of hydrogen-bond acceptors (Lipinski definition) is 4. The summed E-state index contributed by atoms with van der Waals surface area (Å²) >= 11 is 1.38. The molecule has 0 spiro atoms. The van der Waals surface area contributed by atoms with E-state index in [1.807, 2.05) is 11.4 Å². The number of likely N-dealkylation sites (N-methyl/N-ethyl adjacent to an activating group) is 1. The zero-order valence-corrected chi connectivity index (χ0v) is 15.7. The highest BCUT2D eigenvalue weighted by Crippen LogP contribution is 2.15. The van der Waals surface area contributed by atoms with E-state index in [-0.39, 0.29) is 17.9 Å². The maximum Gasteiger partial charge on any atom is 0.265 e. The molecule has 25 heavy (non-hydrogen) atoms. The van der Waals surface area contributed by atoms with Gasteiger partial charge in [0.2, 0.25) is 0 Å². The largest absolute Gasteiger partial charge is 0.350 e. The molecule has 2 rings (SSSR count). The van der Waals surface area contributed by atoms with Gasteiger partial charge in [0, 0.05) is 23.8 Å². The van der Waals surface area contributed by atoms with E-state index in [0.717, 1.165) is 13.1 Å². The van der Waals surface area contributed by atoms with Crippen LogP contribution in [0.2, 0.25) is 0 Å². The van der Waals surface area contributed by atoms with Crippen molar-refractivity contribution in [2.75, 3.05) is 25.0 Å².